The van der Waals surface area contributed by atoms with Crippen LogP contribution < -0.4 is 0 Å². The third-order valence-corrected chi connectivity index (χ3v) is 2.73. The van der Waals surface area contributed by atoms with Gasteiger partial charge in [-0.25, -0.2) is 0 Å². The zero-order valence-electron chi connectivity index (χ0n) is 8.11. The van der Waals surface area contributed by atoms with Crippen LogP contribution in [0.5, 0.6) is 0 Å². The molecule has 0 heterocycles. The van der Waals surface area contributed by atoms with Gasteiger partial charge in [0.1, 0.15) is 13.2 Å². The summed E-state index contributed by atoms with van der Waals surface area (Å²) in [5.41, 5.74) is 0. The molecule has 0 radical (unpaired) electrons. The molecular formula is C10H14N2O2. The van der Waals surface area contributed by atoms with Crippen molar-refractivity contribution in [2.45, 2.75) is 25.7 Å². The summed E-state index contributed by atoms with van der Waals surface area (Å²) in [6.07, 6.45) is 7.67. The van der Waals surface area contributed by atoms with E-state index in [1.807, 2.05) is 0 Å². The molecule has 1 aliphatic rings. The molecule has 1 saturated carbocycles. The smallest absolute Gasteiger partial charge is 0.286 e. The standard InChI is InChI=1S/C10H14N2O2/c11-7-13-5-9-1-2-10(4-3-9)6-14-8-12/h9-10H,1-6H2. The molecule has 4 heteroatoms. The summed E-state index contributed by atoms with van der Waals surface area (Å²) in [5, 5.41) is 16.5. The summed E-state index contributed by atoms with van der Waals surface area (Å²) in [7, 11) is 0. The highest BCUT2D eigenvalue weighted by Crippen LogP contribution is 2.28. The Morgan fingerprint density at radius 1 is 0.857 bits per heavy atom. The Hall–Kier alpha value is -1.42. The molecule has 0 amide bonds. The first-order valence-corrected chi connectivity index (χ1v) is 4.88. The maximum Gasteiger partial charge on any atom is 0.286 e. The molecule has 0 aromatic heterocycles. The molecule has 1 fully saturated rings. The van der Waals surface area contributed by atoms with E-state index < -0.39 is 0 Å². The lowest BCUT2D eigenvalue weighted by Crippen LogP contribution is -2.20. The lowest BCUT2D eigenvalue weighted by Gasteiger charge is -2.26. The van der Waals surface area contributed by atoms with E-state index >= 15 is 0 Å². The zero-order chi connectivity index (χ0) is 10.2. The van der Waals surface area contributed by atoms with Crippen LogP contribution in [0, 0.1) is 34.9 Å². The van der Waals surface area contributed by atoms with Gasteiger partial charge in [0.2, 0.25) is 0 Å². The fourth-order valence-corrected chi connectivity index (χ4v) is 1.88. The predicted octanol–water partition coefficient (Wildman–Crippen LogP) is 1.79. The summed E-state index contributed by atoms with van der Waals surface area (Å²) in [4.78, 5) is 0. The van der Waals surface area contributed by atoms with Crippen molar-refractivity contribution in [3.8, 4) is 12.5 Å². The van der Waals surface area contributed by atoms with Gasteiger partial charge in [0.05, 0.1) is 0 Å². The predicted molar refractivity (Wildman–Crippen MR) is 48.6 cm³/mol. The van der Waals surface area contributed by atoms with Gasteiger partial charge < -0.3 is 9.47 Å². The molecule has 14 heavy (non-hydrogen) atoms. The molecule has 0 saturated heterocycles. The molecular weight excluding hydrogens is 180 g/mol. The van der Waals surface area contributed by atoms with E-state index in [9.17, 15) is 0 Å². The first-order chi connectivity index (χ1) is 6.86. The van der Waals surface area contributed by atoms with Crippen LogP contribution in [0.2, 0.25) is 0 Å². The van der Waals surface area contributed by atoms with E-state index in [2.05, 4.69) is 0 Å². The zero-order valence-corrected chi connectivity index (χ0v) is 8.11. The molecule has 76 valence electrons. The Bertz CT molecular complexity index is 207. The summed E-state index contributed by atoms with van der Waals surface area (Å²) >= 11 is 0. The quantitative estimate of drug-likeness (QED) is 0.640. The molecule has 1 aliphatic carbocycles. The van der Waals surface area contributed by atoms with Crippen molar-refractivity contribution in [3.05, 3.63) is 0 Å². The van der Waals surface area contributed by atoms with Gasteiger partial charge in [-0.3, -0.25) is 0 Å². The second kappa shape index (κ2) is 6.10. The number of nitriles is 2. The van der Waals surface area contributed by atoms with E-state index in [0.29, 0.717) is 25.0 Å². The number of hydrogen-bond donors (Lipinski definition) is 0. The van der Waals surface area contributed by atoms with Gasteiger partial charge in [-0.15, -0.1) is 0 Å². The first kappa shape index (κ1) is 10.7. The van der Waals surface area contributed by atoms with Gasteiger partial charge in [0.15, 0.2) is 0 Å². The number of ether oxygens (including phenoxy) is 2. The SMILES string of the molecule is N#COCC1CCC(COC#N)CC1. The monoisotopic (exact) mass is 194 g/mol. The van der Waals surface area contributed by atoms with Gasteiger partial charge in [-0.2, -0.15) is 10.5 Å². The van der Waals surface area contributed by atoms with Gasteiger partial charge >= 0.3 is 0 Å². The van der Waals surface area contributed by atoms with E-state index in [0.717, 1.165) is 25.7 Å². The molecule has 0 aliphatic heterocycles. The number of hydrogen-bond acceptors (Lipinski definition) is 4. The van der Waals surface area contributed by atoms with E-state index in [4.69, 9.17) is 20.0 Å². The molecule has 0 N–H and O–H groups in total. The summed E-state index contributed by atoms with van der Waals surface area (Å²) < 4.78 is 9.42. The molecule has 0 aromatic carbocycles. The second-order valence-electron chi connectivity index (χ2n) is 3.69. The van der Waals surface area contributed by atoms with Crippen LogP contribution >= 0.6 is 0 Å². The number of nitrogens with zero attached hydrogens (tertiary/aromatic N) is 2. The van der Waals surface area contributed by atoms with Crippen LogP contribution in [0.3, 0.4) is 0 Å². The Kier molecular flexibility index (Phi) is 4.64. The minimum atomic E-state index is 0.507. The Balaban J connectivity index is 2.12. The van der Waals surface area contributed by atoms with Gasteiger partial charge in [-0.1, -0.05) is 0 Å². The molecule has 0 spiro atoms. The molecule has 0 unspecified atom stereocenters. The topological polar surface area (TPSA) is 66.0 Å². The highest BCUT2D eigenvalue weighted by Gasteiger charge is 2.21. The average Bonchev–Trinajstić information content (AvgIpc) is 2.25. The van der Waals surface area contributed by atoms with E-state index in [1.54, 1.807) is 12.5 Å². The molecule has 0 atom stereocenters. The van der Waals surface area contributed by atoms with Crippen molar-refractivity contribution in [3.63, 3.8) is 0 Å². The van der Waals surface area contributed by atoms with Crippen LogP contribution in [0.15, 0.2) is 0 Å². The Morgan fingerprint density at radius 3 is 1.50 bits per heavy atom. The third-order valence-electron chi connectivity index (χ3n) is 2.73. The molecule has 0 bridgehead atoms. The van der Waals surface area contributed by atoms with Gasteiger partial charge in [0.25, 0.3) is 12.5 Å². The normalized spacial score (nSPS) is 25.9. The van der Waals surface area contributed by atoms with Gasteiger partial charge in [-0.05, 0) is 37.5 Å². The van der Waals surface area contributed by atoms with Crippen LogP contribution in [0.4, 0.5) is 0 Å². The second-order valence-corrected chi connectivity index (χ2v) is 3.69. The van der Waals surface area contributed by atoms with Crippen LogP contribution in [0.1, 0.15) is 25.7 Å². The van der Waals surface area contributed by atoms with E-state index in [1.165, 1.54) is 0 Å². The van der Waals surface area contributed by atoms with Crippen LogP contribution in [-0.2, 0) is 9.47 Å². The maximum atomic E-state index is 8.24. The summed E-state index contributed by atoms with van der Waals surface area (Å²) in [6.45, 7) is 1.09. The highest BCUT2D eigenvalue weighted by atomic mass is 16.5. The van der Waals surface area contributed by atoms with E-state index in [-0.39, 0.29) is 0 Å². The molecule has 4 nitrogen and oxygen atoms in total. The van der Waals surface area contributed by atoms with Crippen molar-refractivity contribution in [1.29, 1.82) is 10.5 Å². The average molecular weight is 194 g/mol. The Labute approximate surface area is 84.0 Å². The third kappa shape index (κ3) is 3.53. The fourth-order valence-electron chi connectivity index (χ4n) is 1.88. The Morgan fingerprint density at radius 2 is 1.21 bits per heavy atom. The van der Waals surface area contributed by atoms with Crippen molar-refractivity contribution in [2.75, 3.05) is 13.2 Å². The highest BCUT2D eigenvalue weighted by molar-refractivity contribution is 4.73. The van der Waals surface area contributed by atoms with Crippen LogP contribution in [0.25, 0.3) is 0 Å². The summed E-state index contributed by atoms with van der Waals surface area (Å²) in [5.74, 6) is 1.01. The summed E-state index contributed by atoms with van der Waals surface area (Å²) in [6, 6.07) is 0. The van der Waals surface area contributed by atoms with Crippen molar-refractivity contribution in [1.82, 2.24) is 0 Å². The fraction of sp³-hybridized carbons (Fsp3) is 0.800. The van der Waals surface area contributed by atoms with Crippen molar-refractivity contribution in [2.24, 2.45) is 11.8 Å². The minimum Gasteiger partial charge on any atom is -0.427 e. The lowest BCUT2D eigenvalue weighted by molar-refractivity contribution is 0.124. The van der Waals surface area contributed by atoms with Crippen LogP contribution in [-0.4, -0.2) is 13.2 Å². The van der Waals surface area contributed by atoms with Gasteiger partial charge in [0, 0.05) is 0 Å². The molecule has 0 aromatic rings. The number of rotatable bonds is 4. The van der Waals surface area contributed by atoms with Crippen molar-refractivity contribution >= 4 is 0 Å². The maximum absolute atomic E-state index is 8.24. The first-order valence-electron chi connectivity index (χ1n) is 4.88. The lowest BCUT2D eigenvalue weighted by atomic mass is 9.83. The molecule has 1 rings (SSSR count). The van der Waals surface area contributed by atoms with Crippen molar-refractivity contribution < 1.29 is 9.47 Å². The minimum absolute atomic E-state index is 0.507. The largest absolute Gasteiger partial charge is 0.427 e.